The Hall–Kier alpha value is -1.56. The molecule has 2 rings (SSSR count). The molecule has 0 aromatic carbocycles. The molecule has 0 bridgehead atoms. The van der Waals surface area contributed by atoms with Crippen molar-refractivity contribution in [3.8, 4) is 0 Å². The van der Waals surface area contributed by atoms with Gasteiger partial charge in [-0.1, -0.05) is 11.8 Å². The highest BCUT2D eigenvalue weighted by Crippen LogP contribution is 2.23. The van der Waals surface area contributed by atoms with Gasteiger partial charge >= 0.3 is 0 Å². The molecule has 0 amide bonds. The van der Waals surface area contributed by atoms with Crippen LogP contribution in [0.3, 0.4) is 0 Å². The fourth-order valence-corrected chi connectivity index (χ4v) is 2.04. The lowest BCUT2D eigenvalue weighted by Gasteiger charge is -2.05. The molecular weight excluding hydrogens is 224 g/mol. The molecule has 0 saturated carbocycles. The number of carbonyl (C=O) groups is 1. The van der Waals surface area contributed by atoms with Crippen LogP contribution in [-0.4, -0.2) is 25.6 Å². The van der Waals surface area contributed by atoms with E-state index in [0.717, 1.165) is 5.65 Å². The van der Waals surface area contributed by atoms with Gasteiger partial charge in [-0.05, 0) is 26.0 Å². The molecular formula is C10H12N4OS. The summed E-state index contributed by atoms with van der Waals surface area (Å²) in [7, 11) is 0. The van der Waals surface area contributed by atoms with Gasteiger partial charge in [0.1, 0.15) is 5.78 Å². The number of hydrogen-bond acceptors (Lipinski definition) is 5. The van der Waals surface area contributed by atoms with E-state index in [2.05, 4.69) is 10.2 Å². The Kier molecular flexibility index (Phi) is 2.82. The maximum absolute atomic E-state index is 11.2. The van der Waals surface area contributed by atoms with E-state index >= 15 is 0 Å². The quantitative estimate of drug-likeness (QED) is 0.815. The predicted molar refractivity (Wildman–Crippen MR) is 63.4 cm³/mol. The highest BCUT2D eigenvalue weighted by molar-refractivity contribution is 8.00. The van der Waals surface area contributed by atoms with Crippen LogP contribution in [0.5, 0.6) is 0 Å². The normalized spacial score (nSPS) is 12.9. The van der Waals surface area contributed by atoms with E-state index in [1.54, 1.807) is 29.7 Å². The number of carbonyl (C=O) groups excluding carboxylic acids is 1. The second-order valence-corrected chi connectivity index (χ2v) is 4.85. The zero-order chi connectivity index (χ0) is 11.7. The SMILES string of the molecule is CC(=O)C(C)Sc1nnc2ccc(N)cn12. The van der Waals surface area contributed by atoms with Crippen LogP contribution >= 0.6 is 11.8 Å². The molecule has 84 valence electrons. The number of anilines is 1. The van der Waals surface area contributed by atoms with Crippen molar-refractivity contribution in [2.45, 2.75) is 24.3 Å². The summed E-state index contributed by atoms with van der Waals surface area (Å²) in [5.41, 5.74) is 7.06. The van der Waals surface area contributed by atoms with Crippen LogP contribution in [0.25, 0.3) is 5.65 Å². The molecule has 2 N–H and O–H groups in total. The van der Waals surface area contributed by atoms with Gasteiger partial charge in [-0.25, -0.2) is 0 Å². The Morgan fingerprint density at radius 3 is 2.94 bits per heavy atom. The van der Waals surface area contributed by atoms with E-state index in [1.165, 1.54) is 11.8 Å². The number of Topliss-reactive ketones (excluding diaryl/α,β-unsaturated/α-hetero) is 1. The molecule has 2 aromatic rings. The summed E-state index contributed by atoms with van der Waals surface area (Å²) in [6.45, 7) is 3.41. The Balaban J connectivity index is 2.37. The zero-order valence-corrected chi connectivity index (χ0v) is 9.86. The standard InChI is InChI=1S/C10H12N4OS/c1-6(15)7(2)16-10-13-12-9-4-3-8(11)5-14(9)10/h3-5,7H,11H2,1-2H3. The Bertz CT molecular complexity index is 537. The average Bonchev–Trinajstić information content (AvgIpc) is 2.61. The molecule has 1 unspecified atom stereocenters. The Morgan fingerprint density at radius 1 is 1.50 bits per heavy atom. The summed E-state index contributed by atoms with van der Waals surface area (Å²) in [5, 5.41) is 8.58. The maximum Gasteiger partial charge on any atom is 0.196 e. The van der Waals surface area contributed by atoms with Crippen LogP contribution in [-0.2, 0) is 4.79 Å². The number of fused-ring (bicyclic) bond motifs is 1. The van der Waals surface area contributed by atoms with Gasteiger partial charge in [0.2, 0.25) is 0 Å². The highest BCUT2D eigenvalue weighted by atomic mass is 32.2. The molecule has 0 radical (unpaired) electrons. The van der Waals surface area contributed by atoms with Crippen molar-refractivity contribution >= 4 is 28.9 Å². The van der Waals surface area contributed by atoms with Crippen molar-refractivity contribution in [1.82, 2.24) is 14.6 Å². The van der Waals surface area contributed by atoms with Crippen LogP contribution in [0, 0.1) is 0 Å². The molecule has 5 nitrogen and oxygen atoms in total. The molecule has 1 atom stereocenters. The molecule has 0 aliphatic carbocycles. The van der Waals surface area contributed by atoms with Gasteiger partial charge in [0, 0.05) is 11.9 Å². The summed E-state index contributed by atoms with van der Waals surface area (Å²) in [6.07, 6.45) is 1.75. The molecule has 0 fully saturated rings. The number of aromatic nitrogens is 3. The van der Waals surface area contributed by atoms with E-state index in [1.807, 2.05) is 6.92 Å². The van der Waals surface area contributed by atoms with Crippen molar-refractivity contribution in [2.24, 2.45) is 0 Å². The molecule has 6 heteroatoms. The Morgan fingerprint density at radius 2 is 2.25 bits per heavy atom. The molecule has 2 aromatic heterocycles. The summed E-state index contributed by atoms with van der Waals surface area (Å²) in [6, 6.07) is 3.57. The van der Waals surface area contributed by atoms with Crippen LogP contribution < -0.4 is 5.73 Å². The van der Waals surface area contributed by atoms with E-state index in [9.17, 15) is 4.79 Å². The smallest absolute Gasteiger partial charge is 0.196 e. The van der Waals surface area contributed by atoms with E-state index in [4.69, 9.17) is 5.73 Å². The number of nitrogen functional groups attached to an aromatic ring is 1. The van der Waals surface area contributed by atoms with E-state index < -0.39 is 0 Å². The van der Waals surface area contributed by atoms with Crippen LogP contribution in [0.2, 0.25) is 0 Å². The van der Waals surface area contributed by atoms with E-state index in [0.29, 0.717) is 10.8 Å². The summed E-state index contributed by atoms with van der Waals surface area (Å²) in [5.74, 6) is 0.116. The van der Waals surface area contributed by atoms with Gasteiger partial charge in [-0.15, -0.1) is 10.2 Å². The fourth-order valence-electron chi connectivity index (χ4n) is 1.21. The van der Waals surface area contributed by atoms with Gasteiger partial charge in [0.15, 0.2) is 10.8 Å². The van der Waals surface area contributed by atoms with Gasteiger partial charge in [0.05, 0.1) is 5.25 Å². The molecule has 0 aliphatic rings. The molecule has 0 aliphatic heterocycles. The first-order chi connectivity index (χ1) is 7.58. The van der Waals surface area contributed by atoms with Gasteiger partial charge < -0.3 is 5.73 Å². The lowest BCUT2D eigenvalue weighted by Crippen LogP contribution is -2.08. The van der Waals surface area contributed by atoms with Gasteiger partial charge in [0.25, 0.3) is 0 Å². The van der Waals surface area contributed by atoms with Crippen LogP contribution in [0.4, 0.5) is 5.69 Å². The van der Waals surface area contributed by atoms with Crippen LogP contribution in [0.15, 0.2) is 23.5 Å². The first-order valence-electron chi connectivity index (χ1n) is 4.85. The van der Waals surface area contributed by atoms with Crippen molar-refractivity contribution in [3.05, 3.63) is 18.3 Å². The summed E-state index contributed by atoms with van der Waals surface area (Å²) < 4.78 is 1.79. The largest absolute Gasteiger partial charge is 0.398 e. The minimum Gasteiger partial charge on any atom is -0.398 e. The monoisotopic (exact) mass is 236 g/mol. The minimum absolute atomic E-state index is 0.116. The molecule has 16 heavy (non-hydrogen) atoms. The fraction of sp³-hybridized carbons (Fsp3) is 0.300. The molecule has 0 spiro atoms. The van der Waals surface area contributed by atoms with Crippen molar-refractivity contribution in [1.29, 1.82) is 0 Å². The minimum atomic E-state index is -0.131. The lowest BCUT2D eigenvalue weighted by atomic mass is 10.3. The number of rotatable bonds is 3. The Labute approximate surface area is 97.0 Å². The number of thioether (sulfide) groups is 1. The maximum atomic E-state index is 11.2. The first kappa shape index (κ1) is 10.9. The van der Waals surface area contributed by atoms with Gasteiger partial charge in [-0.3, -0.25) is 9.20 Å². The van der Waals surface area contributed by atoms with Crippen molar-refractivity contribution in [3.63, 3.8) is 0 Å². The van der Waals surface area contributed by atoms with Crippen LogP contribution in [0.1, 0.15) is 13.8 Å². The third kappa shape index (κ3) is 2.01. The second-order valence-electron chi connectivity index (χ2n) is 3.54. The highest BCUT2D eigenvalue weighted by Gasteiger charge is 2.14. The number of pyridine rings is 1. The topological polar surface area (TPSA) is 73.3 Å². The second kappa shape index (κ2) is 4.13. The molecule has 2 heterocycles. The lowest BCUT2D eigenvalue weighted by molar-refractivity contribution is -0.116. The molecule has 0 saturated heterocycles. The third-order valence-corrected chi connectivity index (χ3v) is 3.42. The first-order valence-corrected chi connectivity index (χ1v) is 5.73. The number of nitrogens with two attached hydrogens (primary N) is 1. The predicted octanol–water partition coefficient (Wildman–Crippen LogP) is 1.38. The summed E-state index contributed by atoms with van der Waals surface area (Å²) in [4.78, 5) is 11.2. The number of ketones is 1. The number of nitrogens with zero attached hydrogens (tertiary/aromatic N) is 3. The average molecular weight is 236 g/mol. The zero-order valence-electron chi connectivity index (χ0n) is 9.04. The van der Waals surface area contributed by atoms with Crippen molar-refractivity contribution < 1.29 is 4.79 Å². The van der Waals surface area contributed by atoms with Gasteiger partial charge in [-0.2, -0.15) is 0 Å². The van der Waals surface area contributed by atoms with Crippen molar-refractivity contribution in [2.75, 3.05) is 5.73 Å². The number of hydrogen-bond donors (Lipinski definition) is 1. The summed E-state index contributed by atoms with van der Waals surface area (Å²) >= 11 is 1.38. The third-order valence-electron chi connectivity index (χ3n) is 2.25. The van der Waals surface area contributed by atoms with E-state index in [-0.39, 0.29) is 11.0 Å².